The van der Waals surface area contributed by atoms with Crippen molar-refractivity contribution in [3.05, 3.63) is 92.1 Å². The van der Waals surface area contributed by atoms with E-state index in [1.807, 2.05) is 47.8 Å². The normalized spacial score (nSPS) is 11.8. The number of carbonyl (C=O) groups excluding carboxylic acids is 1. The number of hydrogen-bond acceptors (Lipinski definition) is 3. The molecule has 0 saturated heterocycles. The van der Waals surface area contributed by atoms with E-state index in [0.717, 1.165) is 10.4 Å². The molecule has 2 aromatic carbocycles. The molecule has 0 aliphatic carbocycles. The van der Waals surface area contributed by atoms with Gasteiger partial charge < -0.3 is 10.0 Å². The standard InChI is InChI=1S/C21H17Cl2NO3S/c22-15-8-9-17(18(23)12-15)20(25)24(13-16-7-4-10-28-16)19(21(26)27)11-14-5-2-1-3-6-14/h1-10,12,19H,11,13H2,(H,26,27)/t19-/m1/s1. The van der Waals surface area contributed by atoms with Gasteiger partial charge in [0.05, 0.1) is 17.1 Å². The predicted molar refractivity (Wildman–Crippen MR) is 112 cm³/mol. The van der Waals surface area contributed by atoms with Gasteiger partial charge in [0.25, 0.3) is 5.91 Å². The summed E-state index contributed by atoms with van der Waals surface area (Å²) in [5.74, 6) is -1.52. The van der Waals surface area contributed by atoms with Crippen LogP contribution in [0.5, 0.6) is 0 Å². The Morgan fingerprint density at radius 3 is 2.39 bits per heavy atom. The van der Waals surface area contributed by atoms with Crippen molar-refractivity contribution in [2.24, 2.45) is 0 Å². The van der Waals surface area contributed by atoms with Gasteiger partial charge in [-0.1, -0.05) is 59.6 Å². The molecule has 1 amide bonds. The lowest BCUT2D eigenvalue weighted by Crippen LogP contribution is -2.46. The number of carboxylic acids is 1. The number of aliphatic carboxylic acids is 1. The zero-order valence-electron chi connectivity index (χ0n) is 14.7. The van der Waals surface area contributed by atoms with Crippen molar-refractivity contribution >= 4 is 46.4 Å². The first kappa shape index (κ1) is 20.4. The lowest BCUT2D eigenvalue weighted by molar-refractivity contribution is -0.142. The molecule has 0 saturated carbocycles. The van der Waals surface area contributed by atoms with Crippen LogP contribution in [0.4, 0.5) is 0 Å². The topological polar surface area (TPSA) is 57.6 Å². The van der Waals surface area contributed by atoms with Crippen molar-refractivity contribution in [1.29, 1.82) is 0 Å². The Labute approximate surface area is 176 Å². The molecule has 0 fully saturated rings. The van der Waals surface area contributed by atoms with Crippen LogP contribution in [0.2, 0.25) is 10.0 Å². The van der Waals surface area contributed by atoms with Crippen molar-refractivity contribution in [2.75, 3.05) is 0 Å². The smallest absolute Gasteiger partial charge is 0.326 e. The first-order valence-electron chi connectivity index (χ1n) is 8.51. The highest BCUT2D eigenvalue weighted by Gasteiger charge is 2.32. The number of thiophene rings is 1. The Morgan fingerprint density at radius 1 is 1.04 bits per heavy atom. The van der Waals surface area contributed by atoms with E-state index < -0.39 is 17.9 Å². The Morgan fingerprint density at radius 2 is 1.79 bits per heavy atom. The maximum atomic E-state index is 13.3. The molecule has 28 heavy (non-hydrogen) atoms. The Hall–Kier alpha value is -2.34. The van der Waals surface area contributed by atoms with E-state index in [4.69, 9.17) is 23.2 Å². The monoisotopic (exact) mass is 433 g/mol. The van der Waals surface area contributed by atoms with E-state index in [1.54, 1.807) is 6.07 Å². The average molecular weight is 434 g/mol. The van der Waals surface area contributed by atoms with Gasteiger partial charge in [-0.25, -0.2) is 4.79 Å². The molecule has 144 valence electrons. The molecule has 1 atom stereocenters. The summed E-state index contributed by atoms with van der Waals surface area (Å²) in [6.45, 7) is 0.180. The van der Waals surface area contributed by atoms with Crippen LogP contribution in [0.25, 0.3) is 0 Å². The second kappa shape index (κ2) is 9.24. The number of amides is 1. The number of rotatable bonds is 7. The second-order valence-corrected chi connectivity index (χ2v) is 8.06. The van der Waals surface area contributed by atoms with Gasteiger partial charge in [0.1, 0.15) is 6.04 Å². The van der Waals surface area contributed by atoms with Gasteiger partial charge in [-0.3, -0.25) is 4.79 Å². The fraction of sp³-hybridized carbons (Fsp3) is 0.143. The van der Waals surface area contributed by atoms with Gasteiger partial charge in [-0.15, -0.1) is 11.3 Å². The van der Waals surface area contributed by atoms with Crippen molar-refractivity contribution in [3.63, 3.8) is 0 Å². The van der Waals surface area contributed by atoms with Gasteiger partial charge >= 0.3 is 5.97 Å². The molecular weight excluding hydrogens is 417 g/mol. The molecule has 1 aromatic heterocycles. The molecular formula is C21H17Cl2NO3S. The van der Waals surface area contributed by atoms with Crippen LogP contribution in [0.3, 0.4) is 0 Å². The maximum absolute atomic E-state index is 13.3. The highest BCUT2D eigenvalue weighted by Crippen LogP contribution is 2.25. The molecule has 3 rings (SSSR count). The minimum atomic E-state index is -1.07. The largest absolute Gasteiger partial charge is 0.480 e. The number of carboxylic acid groups (broad SMARTS) is 1. The third-order valence-corrected chi connectivity index (χ3v) is 5.67. The molecule has 4 nitrogen and oxygen atoms in total. The van der Waals surface area contributed by atoms with Gasteiger partial charge in [-0.05, 0) is 35.2 Å². The van der Waals surface area contributed by atoms with Crippen LogP contribution < -0.4 is 0 Å². The van der Waals surface area contributed by atoms with Crippen LogP contribution in [-0.2, 0) is 17.8 Å². The minimum Gasteiger partial charge on any atom is -0.480 e. The molecule has 1 N–H and O–H groups in total. The molecule has 0 spiro atoms. The molecule has 0 radical (unpaired) electrons. The van der Waals surface area contributed by atoms with E-state index in [2.05, 4.69) is 0 Å². The summed E-state index contributed by atoms with van der Waals surface area (Å²) in [7, 11) is 0. The fourth-order valence-corrected chi connectivity index (χ4v) is 4.07. The fourth-order valence-electron chi connectivity index (χ4n) is 2.88. The predicted octanol–water partition coefficient (Wildman–Crippen LogP) is 5.39. The number of benzene rings is 2. The van der Waals surface area contributed by atoms with E-state index in [0.29, 0.717) is 5.02 Å². The number of carbonyl (C=O) groups is 2. The summed E-state index contributed by atoms with van der Waals surface area (Å²) in [4.78, 5) is 27.6. The lowest BCUT2D eigenvalue weighted by atomic mass is 10.0. The zero-order valence-corrected chi connectivity index (χ0v) is 17.0. The van der Waals surface area contributed by atoms with Crippen molar-refractivity contribution in [2.45, 2.75) is 19.0 Å². The van der Waals surface area contributed by atoms with Crippen LogP contribution >= 0.6 is 34.5 Å². The molecule has 3 aromatic rings. The van der Waals surface area contributed by atoms with Crippen molar-refractivity contribution < 1.29 is 14.7 Å². The highest BCUT2D eigenvalue weighted by molar-refractivity contribution is 7.09. The van der Waals surface area contributed by atoms with Crippen LogP contribution in [0.15, 0.2) is 66.0 Å². The summed E-state index contributed by atoms with van der Waals surface area (Å²) in [6, 6.07) is 16.5. The molecule has 0 aliphatic rings. The van der Waals surface area contributed by atoms with Crippen LogP contribution in [0.1, 0.15) is 20.8 Å². The Bertz CT molecular complexity index is 961. The summed E-state index contributed by atoms with van der Waals surface area (Å²) in [6.07, 6.45) is 0.193. The Kier molecular flexibility index (Phi) is 6.73. The summed E-state index contributed by atoms with van der Waals surface area (Å²) >= 11 is 13.6. The zero-order chi connectivity index (χ0) is 20.1. The lowest BCUT2D eigenvalue weighted by Gasteiger charge is -2.29. The first-order valence-corrected chi connectivity index (χ1v) is 10.1. The highest BCUT2D eigenvalue weighted by atomic mass is 35.5. The van der Waals surface area contributed by atoms with Gasteiger partial charge in [-0.2, -0.15) is 0 Å². The molecule has 0 aliphatic heterocycles. The van der Waals surface area contributed by atoms with E-state index in [9.17, 15) is 14.7 Å². The Balaban J connectivity index is 1.98. The molecule has 0 unspecified atom stereocenters. The SMILES string of the molecule is O=C(O)[C@@H](Cc1ccccc1)N(Cc1cccs1)C(=O)c1ccc(Cl)cc1Cl. The van der Waals surface area contributed by atoms with Crippen molar-refractivity contribution in [3.8, 4) is 0 Å². The number of halogens is 2. The van der Waals surface area contributed by atoms with Crippen LogP contribution in [-0.4, -0.2) is 27.9 Å². The second-order valence-electron chi connectivity index (χ2n) is 6.18. The number of nitrogens with zero attached hydrogens (tertiary/aromatic N) is 1. The summed E-state index contributed by atoms with van der Waals surface area (Å²) in [5, 5.41) is 12.4. The molecule has 1 heterocycles. The van der Waals surface area contributed by atoms with Gasteiger partial charge in [0.15, 0.2) is 0 Å². The average Bonchev–Trinajstić information content (AvgIpc) is 3.18. The van der Waals surface area contributed by atoms with E-state index in [-0.39, 0.29) is 23.6 Å². The van der Waals surface area contributed by atoms with Crippen molar-refractivity contribution in [1.82, 2.24) is 4.90 Å². The quantitative estimate of drug-likeness (QED) is 0.542. The minimum absolute atomic E-state index is 0.180. The van der Waals surface area contributed by atoms with E-state index >= 15 is 0 Å². The molecule has 0 bridgehead atoms. The summed E-state index contributed by atoms with van der Waals surface area (Å²) in [5.41, 5.74) is 1.06. The molecule has 7 heteroatoms. The van der Waals surface area contributed by atoms with E-state index in [1.165, 1.54) is 28.4 Å². The van der Waals surface area contributed by atoms with Gasteiger partial charge in [0.2, 0.25) is 0 Å². The summed E-state index contributed by atoms with van der Waals surface area (Å²) < 4.78 is 0. The number of hydrogen-bond donors (Lipinski definition) is 1. The van der Waals surface area contributed by atoms with Crippen LogP contribution in [0, 0.1) is 0 Å². The maximum Gasteiger partial charge on any atom is 0.326 e. The first-order chi connectivity index (χ1) is 13.5. The third-order valence-electron chi connectivity index (χ3n) is 4.26. The van der Waals surface area contributed by atoms with Gasteiger partial charge in [0, 0.05) is 16.3 Å². The third kappa shape index (κ3) is 4.93.